The minimum Gasteiger partial charge on any atom is -0.338 e. The van der Waals surface area contributed by atoms with Gasteiger partial charge in [0.05, 0.1) is 22.1 Å². The van der Waals surface area contributed by atoms with Crippen LogP contribution in [0.5, 0.6) is 0 Å². The van der Waals surface area contributed by atoms with Crippen molar-refractivity contribution in [3.8, 4) is 22.8 Å². The van der Waals surface area contributed by atoms with Gasteiger partial charge >= 0.3 is 0 Å². The number of benzene rings is 3. The second kappa shape index (κ2) is 11.0. The molecule has 5 rings (SSSR count). The van der Waals surface area contributed by atoms with Gasteiger partial charge in [-0.25, -0.2) is 9.97 Å². The summed E-state index contributed by atoms with van der Waals surface area (Å²) in [5, 5.41) is 0. The highest BCUT2D eigenvalue weighted by Crippen LogP contribution is 2.26. The van der Waals surface area contributed by atoms with Crippen LogP contribution in [0.25, 0.3) is 44.8 Å². The first-order chi connectivity index (χ1) is 15.3. The van der Waals surface area contributed by atoms with E-state index in [-0.39, 0.29) is 0 Å². The quantitative estimate of drug-likeness (QED) is 0.392. The number of H-pyrrole nitrogens is 2. The summed E-state index contributed by atoms with van der Waals surface area (Å²) in [5.74, 6) is 1.75. The second-order valence-corrected chi connectivity index (χ2v) is 10.2. The fourth-order valence-corrected chi connectivity index (χ4v) is 2.98. The molecule has 0 aliphatic rings. The van der Waals surface area contributed by atoms with Gasteiger partial charge in [-0.05, 0) is 12.1 Å². The molecule has 2 N–H and O–H groups in total. The lowest BCUT2D eigenvalue weighted by Crippen LogP contribution is -1.78. The molecule has 0 atom stereocenters. The van der Waals surface area contributed by atoms with Crippen LogP contribution in [0.2, 0.25) is 0 Å². The van der Waals surface area contributed by atoms with Crippen molar-refractivity contribution in [2.24, 2.45) is 0 Å². The van der Waals surface area contributed by atoms with Crippen molar-refractivity contribution in [2.45, 2.75) is 0 Å². The number of aromatic amines is 2. The average molecular weight is 467 g/mol. The first-order valence-corrected chi connectivity index (χ1v) is 13.8. The second-order valence-electron chi connectivity index (χ2n) is 7.27. The summed E-state index contributed by atoms with van der Waals surface area (Å²) in [6, 6.07) is 24.4. The highest BCUT2D eigenvalue weighted by molar-refractivity contribution is 7.83. The number of rotatable bonds is 2. The van der Waals surface area contributed by atoms with Gasteiger partial charge in [-0.2, -0.15) is 0 Å². The number of nitrogens with one attached hydrogen (secondary N) is 2. The van der Waals surface area contributed by atoms with Crippen molar-refractivity contribution in [3.05, 3.63) is 72.8 Å². The molecule has 166 valence electrons. The lowest BCUT2D eigenvalue weighted by Gasteiger charge is -1.93. The SMILES string of the molecule is CS(C)=O.CS(C)=O.c1ccc(-c2nc3cc4nc(-c5ccccc5)[nH]c4cc3[nH]2)cc1. The third kappa shape index (κ3) is 6.45. The molecule has 0 aliphatic carbocycles. The zero-order valence-corrected chi connectivity index (χ0v) is 20.1. The summed E-state index contributed by atoms with van der Waals surface area (Å²) in [5.41, 5.74) is 6.01. The predicted octanol–water partition coefficient (Wildman–Crippen LogP) is 4.76. The van der Waals surface area contributed by atoms with E-state index in [0.29, 0.717) is 0 Å². The number of hydrogen-bond donors (Lipinski definition) is 2. The highest BCUT2D eigenvalue weighted by Gasteiger charge is 2.10. The first-order valence-electron chi connectivity index (χ1n) is 9.84. The monoisotopic (exact) mass is 466 g/mol. The summed E-state index contributed by atoms with van der Waals surface area (Å²) < 4.78 is 19.1. The lowest BCUT2D eigenvalue weighted by molar-refractivity contribution is 0.689. The van der Waals surface area contributed by atoms with Gasteiger partial charge in [0.25, 0.3) is 0 Å². The van der Waals surface area contributed by atoms with Gasteiger partial charge in [0.15, 0.2) is 0 Å². The first kappa shape index (κ1) is 23.6. The summed E-state index contributed by atoms with van der Waals surface area (Å²) in [7, 11) is -1.22. The zero-order valence-electron chi connectivity index (χ0n) is 18.5. The predicted molar refractivity (Wildman–Crippen MR) is 137 cm³/mol. The Balaban J connectivity index is 0.000000316. The summed E-state index contributed by atoms with van der Waals surface area (Å²) in [6.07, 6.45) is 6.56. The Kier molecular flexibility index (Phi) is 8.08. The van der Waals surface area contributed by atoms with Crippen LogP contribution < -0.4 is 0 Å². The lowest BCUT2D eigenvalue weighted by atomic mass is 10.2. The van der Waals surface area contributed by atoms with E-state index in [0.717, 1.165) is 44.8 Å². The van der Waals surface area contributed by atoms with Gasteiger partial charge in [-0.15, -0.1) is 0 Å². The summed E-state index contributed by atoms with van der Waals surface area (Å²) in [4.78, 5) is 16.2. The van der Waals surface area contributed by atoms with E-state index in [1.165, 1.54) is 0 Å². The molecule has 0 amide bonds. The summed E-state index contributed by atoms with van der Waals surface area (Å²) in [6.45, 7) is 0. The molecule has 32 heavy (non-hydrogen) atoms. The highest BCUT2D eigenvalue weighted by atomic mass is 32.2. The molecule has 0 fully saturated rings. The number of hydrogen-bond acceptors (Lipinski definition) is 4. The van der Waals surface area contributed by atoms with Crippen LogP contribution in [-0.2, 0) is 21.6 Å². The van der Waals surface area contributed by atoms with E-state index >= 15 is 0 Å². The van der Waals surface area contributed by atoms with Crippen LogP contribution >= 0.6 is 0 Å². The molecular formula is C24H26N4O2S2. The van der Waals surface area contributed by atoms with Gasteiger partial charge in [-0.1, -0.05) is 60.7 Å². The number of imidazole rings is 2. The molecule has 0 unspecified atom stereocenters. The Morgan fingerprint density at radius 1 is 0.594 bits per heavy atom. The number of nitrogens with zero attached hydrogens (tertiary/aromatic N) is 2. The van der Waals surface area contributed by atoms with Crippen molar-refractivity contribution >= 4 is 43.7 Å². The molecule has 0 spiro atoms. The van der Waals surface area contributed by atoms with Gasteiger partial charge < -0.3 is 9.97 Å². The van der Waals surface area contributed by atoms with Crippen LogP contribution in [0.3, 0.4) is 0 Å². The Hall–Kier alpha value is -3.10. The van der Waals surface area contributed by atoms with Crippen LogP contribution in [0.4, 0.5) is 0 Å². The Bertz CT molecular complexity index is 1190. The maximum atomic E-state index is 9.56. The molecule has 5 aromatic rings. The zero-order chi connectivity index (χ0) is 23.1. The van der Waals surface area contributed by atoms with Gasteiger partial charge in [0.2, 0.25) is 0 Å². The van der Waals surface area contributed by atoms with Gasteiger partial charge in [0, 0.05) is 57.7 Å². The van der Waals surface area contributed by atoms with E-state index in [2.05, 4.69) is 40.3 Å². The Morgan fingerprint density at radius 3 is 1.28 bits per heavy atom. The van der Waals surface area contributed by atoms with Crippen molar-refractivity contribution in [1.29, 1.82) is 0 Å². The molecule has 0 saturated carbocycles. The molecule has 8 heteroatoms. The number of aromatic nitrogens is 4. The fourth-order valence-electron chi connectivity index (χ4n) is 2.98. The van der Waals surface area contributed by atoms with Gasteiger partial charge in [-0.3, -0.25) is 8.42 Å². The van der Waals surface area contributed by atoms with Crippen molar-refractivity contribution < 1.29 is 8.42 Å². The van der Waals surface area contributed by atoms with E-state index in [9.17, 15) is 8.42 Å². The van der Waals surface area contributed by atoms with Crippen molar-refractivity contribution in [1.82, 2.24) is 19.9 Å². The van der Waals surface area contributed by atoms with Gasteiger partial charge in [0.1, 0.15) is 11.6 Å². The van der Waals surface area contributed by atoms with Crippen molar-refractivity contribution in [2.75, 3.05) is 25.0 Å². The molecule has 0 bridgehead atoms. The Morgan fingerprint density at radius 2 is 0.938 bits per heavy atom. The van der Waals surface area contributed by atoms with Crippen LogP contribution in [0, 0.1) is 0 Å². The average Bonchev–Trinajstić information content (AvgIpc) is 3.35. The molecular weight excluding hydrogens is 440 g/mol. The van der Waals surface area contributed by atoms with E-state index in [1.54, 1.807) is 25.0 Å². The Labute approximate surface area is 192 Å². The van der Waals surface area contributed by atoms with Crippen LogP contribution in [0.1, 0.15) is 0 Å². The minimum absolute atomic E-state index is 0.611. The molecule has 2 aromatic heterocycles. The summed E-state index contributed by atoms with van der Waals surface area (Å²) >= 11 is 0. The fraction of sp³-hybridized carbons (Fsp3) is 0.167. The maximum Gasteiger partial charge on any atom is 0.138 e. The van der Waals surface area contributed by atoms with Crippen molar-refractivity contribution in [3.63, 3.8) is 0 Å². The molecule has 6 nitrogen and oxygen atoms in total. The molecule has 2 heterocycles. The smallest absolute Gasteiger partial charge is 0.138 e. The maximum absolute atomic E-state index is 9.56. The normalized spacial score (nSPS) is 10.7. The third-order valence-corrected chi connectivity index (χ3v) is 4.18. The third-order valence-electron chi connectivity index (χ3n) is 4.18. The largest absolute Gasteiger partial charge is 0.338 e. The molecule has 0 radical (unpaired) electrons. The van der Waals surface area contributed by atoms with E-state index in [1.807, 2.05) is 42.5 Å². The minimum atomic E-state index is -0.611. The topological polar surface area (TPSA) is 91.5 Å². The standard InChI is InChI=1S/C20H14N4.2C2H6OS/c1-3-7-13(8-4-1)19-21-15-11-17-18(12-16(15)22-19)24-20(23-17)14-9-5-2-6-10-14;2*1-4(2)3/h1-12H,(H,21,22)(H,23,24);2*1-2H3. The van der Waals surface area contributed by atoms with Crippen LogP contribution in [-0.4, -0.2) is 53.4 Å². The molecule has 0 aliphatic heterocycles. The van der Waals surface area contributed by atoms with E-state index < -0.39 is 21.6 Å². The van der Waals surface area contributed by atoms with E-state index in [4.69, 9.17) is 9.97 Å². The molecule has 0 saturated heterocycles. The number of fused-ring (bicyclic) bond motifs is 2. The molecule has 3 aromatic carbocycles. The van der Waals surface area contributed by atoms with Crippen LogP contribution in [0.15, 0.2) is 72.8 Å².